The summed E-state index contributed by atoms with van der Waals surface area (Å²) >= 11 is 0. The molecule has 1 amide bonds. The summed E-state index contributed by atoms with van der Waals surface area (Å²) < 4.78 is 5.23. The van der Waals surface area contributed by atoms with Gasteiger partial charge in [0.1, 0.15) is 0 Å². The number of furan rings is 1. The van der Waals surface area contributed by atoms with E-state index in [2.05, 4.69) is 35.9 Å². The topological polar surface area (TPSA) is 64.3 Å². The molecule has 1 aromatic heterocycles. The molecule has 28 heavy (non-hydrogen) atoms. The van der Waals surface area contributed by atoms with Crippen molar-refractivity contribution in [1.29, 1.82) is 0 Å². The van der Waals surface area contributed by atoms with Crippen LogP contribution in [0, 0.1) is 0 Å². The predicted octanol–water partition coefficient (Wildman–Crippen LogP) is 2.74. The summed E-state index contributed by atoms with van der Waals surface area (Å²) in [5.74, 6) is 1.35. The number of nitrogens with zero attached hydrogens (tertiary/aromatic N) is 4. The molecule has 0 bridgehead atoms. The number of hydrogen-bond acceptors (Lipinski definition) is 4. The number of unbranched alkanes of at least 4 members (excludes halogenated alkanes) is 1. The van der Waals surface area contributed by atoms with Gasteiger partial charge in [-0.3, -0.25) is 9.79 Å². The Morgan fingerprint density at radius 2 is 1.82 bits per heavy atom. The molecule has 0 radical (unpaired) electrons. The molecule has 1 aliphatic rings. The summed E-state index contributed by atoms with van der Waals surface area (Å²) in [6, 6.07) is 3.47. The molecule has 1 N–H and O–H groups in total. The van der Waals surface area contributed by atoms with E-state index in [-0.39, 0.29) is 29.9 Å². The zero-order valence-electron chi connectivity index (χ0n) is 17.5. The number of halogens is 1. The van der Waals surface area contributed by atoms with Crippen LogP contribution in [0.15, 0.2) is 27.8 Å². The third kappa shape index (κ3) is 7.62. The largest absolute Gasteiger partial charge is 0.459 e. The molecular weight excluding hydrogens is 469 g/mol. The molecular formula is C20H36IN5O2. The van der Waals surface area contributed by atoms with E-state index in [0.29, 0.717) is 18.8 Å². The van der Waals surface area contributed by atoms with Crippen LogP contribution >= 0.6 is 24.0 Å². The molecule has 1 fully saturated rings. The molecule has 7 nitrogen and oxygen atoms in total. The van der Waals surface area contributed by atoms with Crippen LogP contribution < -0.4 is 5.32 Å². The Morgan fingerprint density at radius 3 is 2.39 bits per heavy atom. The van der Waals surface area contributed by atoms with Crippen LogP contribution in [0.2, 0.25) is 0 Å². The molecule has 2 rings (SSSR count). The summed E-state index contributed by atoms with van der Waals surface area (Å²) in [4.78, 5) is 23.7. The van der Waals surface area contributed by atoms with E-state index in [1.54, 1.807) is 18.4 Å². The minimum absolute atomic E-state index is 0. The number of rotatable bonds is 9. The Labute approximate surface area is 186 Å². The average Bonchev–Trinajstić information content (AvgIpc) is 3.24. The zero-order valence-corrected chi connectivity index (χ0v) is 19.9. The first-order valence-corrected chi connectivity index (χ1v) is 10.3. The van der Waals surface area contributed by atoms with E-state index in [0.717, 1.165) is 58.2 Å². The van der Waals surface area contributed by atoms with Gasteiger partial charge in [-0.1, -0.05) is 13.8 Å². The predicted molar refractivity (Wildman–Crippen MR) is 125 cm³/mol. The Bertz CT molecular complexity index is 567. The first-order valence-electron chi connectivity index (χ1n) is 10.3. The molecule has 160 valence electrons. The van der Waals surface area contributed by atoms with Crippen LogP contribution in [0.3, 0.4) is 0 Å². The fraction of sp³-hybridized carbons (Fsp3) is 0.700. The highest BCUT2D eigenvalue weighted by atomic mass is 127. The number of amides is 1. The minimum atomic E-state index is -0.0296. The summed E-state index contributed by atoms with van der Waals surface area (Å²) in [5.41, 5.74) is 0. The number of aliphatic imine (C=N–C) groups is 1. The maximum absolute atomic E-state index is 12.4. The lowest BCUT2D eigenvalue weighted by Crippen LogP contribution is -2.53. The molecule has 1 saturated heterocycles. The molecule has 2 heterocycles. The highest BCUT2D eigenvalue weighted by molar-refractivity contribution is 14.0. The van der Waals surface area contributed by atoms with Gasteiger partial charge in [0, 0.05) is 39.3 Å². The van der Waals surface area contributed by atoms with Crippen molar-refractivity contribution < 1.29 is 9.21 Å². The Kier molecular flexibility index (Phi) is 12.2. The third-order valence-electron chi connectivity index (χ3n) is 4.97. The number of guanidine groups is 1. The lowest BCUT2D eigenvalue weighted by atomic mass is 10.3. The maximum Gasteiger partial charge on any atom is 0.289 e. The summed E-state index contributed by atoms with van der Waals surface area (Å²) in [5, 5.41) is 3.39. The first kappa shape index (κ1) is 24.7. The van der Waals surface area contributed by atoms with Crippen molar-refractivity contribution in [3.8, 4) is 0 Å². The van der Waals surface area contributed by atoms with Gasteiger partial charge < -0.3 is 24.4 Å². The quantitative estimate of drug-likeness (QED) is 0.242. The fourth-order valence-corrected chi connectivity index (χ4v) is 3.28. The van der Waals surface area contributed by atoms with Gasteiger partial charge in [0.25, 0.3) is 5.91 Å². The van der Waals surface area contributed by atoms with E-state index < -0.39 is 0 Å². The van der Waals surface area contributed by atoms with Crippen LogP contribution in [0.4, 0.5) is 0 Å². The Hall–Kier alpha value is -1.29. The SMILES string of the molecule is CCNC(=NCCCCN(CC)CC)N1CCN(C(=O)c2ccco2)CC1.I. The standard InChI is InChI=1S/C20H35N5O2.HI/c1-4-21-20(22-11-7-8-12-23(5-2)6-3)25-15-13-24(14-16-25)19(26)18-10-9-17-27-18;/h9-10,17H,4-8,11-16H2,1-3H3,(H,21,22);1H. The second-order valence-electron chi connectivity index (χ2n) is 6.73. The van der Waals surface area contributed by atoms with Crippen molar-refractivity contribution in [3.63, 3.8) is 0 Å². The monoisotopic (exact) mass is 505 g/mol. The van der Waals surface area contributed by atoms with Gasteiger partial charge in [-0.25, -0.2) is 0 Å². The van der Waals surface area contributed by atoms with Crippen LogP contribution in [-0.4, -0.2) is 85.5 Å². The summed E-state index contributed by atoms with van der Waals surface area (Å²) in [6.07, 6.45) is 3.82. The van der Waals surface area contributed by atoms with E-state index in [9.17, 15) is 4.79 Å². The highest BCUT2D eigenvalue weighted by Gasteiger charge is 2.25. The number of carbonyl (C=O) groups is 1. The van der Waals surface area contributed by atoms with Gasteiger partial charge in [0.15, 0.2) is 11.7 Å². The second-order valence-corrected chi connectivity index (χ2v) is 6.73. The van der Waals surface area contributed by atoms with Gasteiger partial charge in [-0.15, -0.1) is 24.0 Å². The minimum Gasteiger partial charge on any atom is -0.459 e. The third-order valence-corrected chi connectivity index (χ3v) is 4.97. The highest BCUT2D eigenvalue weighted by Crippen LogP contribution is 2.09. The molecule has 0 saturated carbocycles. The van der Waals surface area contributed by atoms with E-state index in [1.807, 2.05) is 4.90 Å². The molecule has 0 unspecified atom stereocenters. The van der Waals surface area contributed by atoms with Crippen molar-refractivity contribution in [2.24, 2.45) is 4.99 Å². The van der Waals surface area contributed by atoms with Crippen LogP contribution in [-0.2, 0) is 0 Å². The van der Waals surface area contributed by atoms with Gasteiger partial charge >= 0.3 is 0 Å². The van der Waals surface area contributed by atoms with Gasteiger partial charge in [-0.05, 0) is 51.5 Å². The van der Waals surface area contributed by atoms with Crippen molar-refractivity contribution in [1.82, 2.24) is 20.0 Å². The average molecular weight is 505 g/mol. The van der Waals surface area contributed by atoms with Gasteiger partial charge in [0.2, 0.25) is 0 Å². The van der Waals surface area contributed by atoms with E-state index in [1.165, 1.54) is 6.42 Å². The first-order chi connectivity index (χ1) is 13.2. The maximum atomic E-state index is 12.4. The number of hydrogen-bond donors (Lipinski definition) is 1. The zero-order chi connectivity index (χ0) is 19.5. The lowest BCUT2D eigenvalue weighted by molar-refractivity contribution is 0.0657. The Morgan fingerprint density at radius 1 is 1.14 bits per heavy atom. The van der Waals surface area contributed by atoms with E-state index >= 15 is 0 Å². The lowest BCUT2D eigenvalue weighted by Gasteiger charge is -2.36. The normalized spacial score (nSPS) is 14.9. The number of carbonyl (C=O) groups excluding carboxylic acids is 1. The van der Waals surface area contributed by atoms with Crippen molar-refractivity contribution in [3.05, 3.63) is 24.2 Å². The van der Waals surface area contributed by atoms with Gasteiger partial charge in [0.05, 0.1) is 6.26 Å². The number of piperazine rings is 1. The summed E-state index contributed by atoms with van der Waals surface area (Å²) in [7, 11) is 0. The van der Waals surface area contributed by atoms with Crippen LogP contribution in [0.5, 0.6) is 0 Å². The Balaban J connectivity index is 0.00000392. The summed E-state index contributed by atoms with van der Waals surface area (Å²) in [6.45, 7) is 14.5. The van der Waals surface area contributed by atoms with Crippen molar-refractivity contribution in [2.45, 2.75) is 33.6 Å². The smallest absolute Gasteiger partial charge is 0.289 e. The molecule has 0 aromatic carbocycles. The second kappa shape index (κ2) is 13.8. The molecule has 0 atom stereocenters. The number of nitrogens with one attached hydrogen (secondary N) is 1. The van der Waals surface area contributed by atoms with Crippen molar-refractivity contribution in [2.75, 3.05) is 58.9 Å². The van der Waals surface area contributed by atoms with Gasteiger partial charge in [-0.2, -0.15) is 0 Å². The molecule has 8 heteroatoms. The van der Waals surface area contributed by atoms with E-state index in [4.69, 9.17) is 9.41 Å². The molecule has 1 aromatic rings. The van der Waals surface area contributed by atoms with Crippen molar-refractivity contribution >= 4 is 35.8 Å². The molecule has 1 aliphatic heterocycles. The molecule has 0 spiro atoms. The van der Waals surface area contributed by atoms with Crippen LogP contribution in [0.1, 0.15) is 44.2 Å². The van der Waals surface area contributed by atoms with Crippen LogP contribution in [0.25, 0.3) is 0 Å². The molecule has 0 aliphatic carbocycles. The fourth-order valence-electron chi connectivity index (χ4n) is 3.28.